The Morgan fingerprint density at radius 1 is 0.875 bits per heavy atom. The smallest absolute Gasteiger partial charge is 0.305 e. The van der Waals surface area contributed by atoms with Crippen LogP contribution in [0.3, 0.4) is 0 Å². The van der Waals surface area contributed by atoms with Gasteiger partial charge in [0.05, 0.1) is 7.11 Å². The minimum atomic E-state index is -0.145. The van der Waals surface area contributed by atoms with Gasteiger partial charge < -0.3 is 4.74 Å². The van der Waals surface area contributed by atoms with Crippen molar-refractivity contribution in [1.82, 2.24) is 0 Å². The Hall–Kier alpha value is -2.09. The molecule has 2 aromatic carbocycles. The van der Waals surface area contributed by atoms with E-state index in [1.807, 2.05) is 27.7 Å². The van der Waals surface area contributed by atoms with Crippen LogP contribution in [-0.4, -0.2) is 13.1 Å². The van der Waals surface area contributed by atoms with Crippen molar-refractivity contribution in [1.29, 1.82) is 0 Å². The van der Waals surface area contributed by atoms with Gasteiger partial charge in [0, 0.05) is 11.8 Å². The van der Waals surface area contributed by atoms with Gasteiger partial charge in [-0.05, 0) is 28.7 Å². The zero-order valence-electron chi connectivity index (χ0n) is 15.8. The first-order valence-electron chi connectivity index (χ1n) is 8.93. The molecule has 0 fully saturated rings. The van der Waals surface area contributed by atoms with E-state index < -0.39 is 0 Å². The van der Waals surface area contributed by atoms with Crippen molar-refractivity contribution >= 4 is 5.97 Å². The number of ether oxygens (including phenoxy) is 1. The van der Waals surface area contributed by atoms with E-state index in [0.29, 0.717) is 6.42 Å². The lowest BCUT2D eigenvalue weighted by atomic mass is 9.76. The fourth-order valence-corrected chi connectivity index (χ4v) is 3.27. The Balaban J connectivity index is 0.000000671. The summed E-state index contributed by atoms with van der Waals surface area (Å²) in [5, 5.41) is 0. The van der Waals surface area contributed by atoms with Crippen molar-refractivity contribution in [3.05, 3.63) is 59.7 Å². The SMILES string of the molecule is CC.CC.COC(=O)CCC1(C)c2ccccc2-c2ccccc21. The van der Waals surface area contributed by atoms with Gasteiger partial charge in [-0.1, -0.05) is 83.1 Å². The maximum Gasteiger partial charge on any atom is 0.305 e. The van der Waals surface area contributed by atoms with E-state index >= 15 is 0 Å². The number of rotatable bonds is 3. The molecule has 0 atom stereocenters. The Bertz CT molecular complexity index is 613. The number of fused-ring (bicyclic) bond motifs is 3. The van der Waals surface area contributed by atoms with Gasteiger partial charge in [0.25, 0.3) is 0 Å². The number of carbonyl (C=O) groups excluding carboxylic acids is 1. The van der Waals surface area contributed by atoms with Crippen molar-refractivity contribution in [2.45, 2.75) is 52.9 Å². The third-order valence-corrected chi connectivity index (χ3v) is 4.39. The van der Waals surface area contributed by atoms with Gasteiger partial charge in [0.15, 0.2) is 0 Å². The summed E-state index contributed by atoms with van der Waals surface area (Å²) in [6.07, 6.45) is 1.21. The molecule has 1 aliphatic carbocycles. The highest BCUT2D eigenvalue weighted by Crippen LogP contribution is 2.50. The molecule has 0 N–H and O–H groups in total. The summed E-state index contributed by atoms with van der Waals surface area (Å²) in [6, 6.07) is 17.0. The first kappa shape index (κ1) is 20.0. The van der Waals surface area contributed by atoms with E-state index in [4.69, 9.17) is 4.74 Å². The highest BCUT2D eigenvalue weighted by molar-refractivity contribution is 5.81. The molecule has 2 nitrogen and oxygen atoms in total. The molecule has 24 heavy (non-hydrogen) atoms. The van der Waals surface area contributed by atoms with Gasteiger partial charge in [-0.15, -0.1) is 0 Å². The fraction of sp³-hybridized carbons (Fsp3) is 0.409. The molecule has 3 rings (SSSR count). The van der Waals surface area contributed by atoms with E-state index in [0.717, 1.165) is 6.42 Å². The molecule has 1 aliphatic rings. The van der Waals surface area contributed by atoms with Crippen LogP contribution in [0.15, 0.2) is 48.5 Å². The van der Waals surface area contributed by atoms with Gasteiger partial charge in [0.1, 0.15) is 0 Å². The van der Waals surface area contributed by atoms with Gasteiger partial charge in [-0.3, -0.25) is 4.79 Å². The maximum absolute atomic E-state index is 11.5. The van der Waals surface area contributed by atoms with Crippen LogP contribution in [0.1, 0.15) is 58.6 Å². The van der Waals surface area contributed by atoms with Crippen LogP contribution >= 0.6 is 0 Å². The minimum absolute atomic E-state index is 0.110. The van der Waals surface area contributed by atoms with Crippen molar-refractivity contribution in [3.8, 4) is 11.1 Å². The average Bonchev–Trinajstić information content (AvgIpc) is 2.93. The number of hydrogen-bond donors (Lipinski definition) is 0. The normalized spacial score (nSPS) is 12.6. The first-order chi connectivity index (χ1) is 11.7. The summed E-state index contributed by atoms with van der Waals surface area (Å²) < 4.78 is 4.79. The third-order valence-electron chi connectivity index (χ3n) is 4.39. The summed E-state index contributed by atoms with van der Waals surface area (Å²) in [5.41, 5.74) is 5.09. The second-order valence-corrected chi connectivity index (χ2v) is 5.50. The molecule has 0 aliphatic heterocycles. The molecule has 130 valence electrons. The standard InChI is InChI=1S/C18H18O2.2C2H6/c1-18(12-11-17(19)20-2)15-9-5-3-7-13(15)14-8-4-6-10-16(14)18;2*1-2/h3-10H,11-12H2,1-2H3;2*1-2H3. The molecular weight excluding hydrogens is 296 g/mol. The van der Waals surface area contributed by atoms with Gasteiger partial charge in [-0.25, -0.2) is 0 Å². The molecule has 0 unspecified atom stereocenters. The van der Waals surface area contributed by atoms with Crippen molar-refractivity contribution in [2.24, 2.45) is 0 Å². The summed E-state index contributed by atoms with van der Waals surface area (Å²) in [7, 11) is 1.45. The fourth-order valence-electron chi connectivity index (χ4n) is 3.27. The Labute approximate surface area is 146 Å². The molecule has 0 saturated carbocycles. The predicted molar refractivity (Wildman–Crippen MR) is 102 cm³/mol. The topological polar surface area (TPSA) is 26.3 Å². The predicted octanol–water partition coefficient (Wildman–Crippen LogP) is 5.98. The average molecular weight is 326 g/mol. The van der Waals surface area contributed by atoms with Crippen LogP contribution in [-0.2, 0) is 14.9 Å². The van der Waals surface area contributed by atoms with Gasteiger partial charge in [0.2, 0.25) is 0 Å². The molecule has 0 aromatic heterocycles. The summed E-state index contributed by atoms with van der Waals surface area (Å²) in [5.74, 6) is -0.145. The van der Waals surface area contributed by atoms with E-state index in [-0.39, 0.29) is 11.4 Å². The first-order valence-corrected chi connectivity index (χ1v) is 8.93. The van der Waals surface area contributed by atoms with Crippen LogP contribution in [0, 0.1) is 0 Å². The minimum Gasteiger partial charge on any atom is -0.469 e. The summed E-state index contributed by atoms with van der Waals surface area (Å²) in [4.78, 5) is 11.5. The molecule has 0 saturated heterocycles. The highest BCUT2D eigenvalue weighted by atomic mass is 16.5. The molecule has 0 radical (unpaired) electrons. The van der Waals surface area contributed by atoms with Gasteiger partial charge in [-0.2, -0.15) is 0 Å². The molecular formula is C22H30O2. The second kappa shape index (κ2) is 9.27. The van der Waals surface area contributed by atoms with Crippen LogP contribution in [0.2, 0.25) is 0 Å². The lowest BCUT2D eigenvalue weighted by molar-refractivity contribution is -0.140. The van der Waals surface area contributed by atoms with Crippen molar-refractivity contribution in [3.63, 3.8) is 0 Å². The van der Waals surface area contributed by atoms with Crippen LogP contribution in [0.5, 0.6) is 0 Å². The molecule has 0 heterocycles. The Kier molecular flexibility index (Phi) is 7.70. The number of esters is 1. The molecule has 0 spiro atoms. The monoisotopic (exact) mass is 326 g/mol. The molecule has 2 aromatic rings. The van der Waals surface area contributed by atoms with Crippen LogP contribution < -0.4 is 0 Å². The zero-order valence-corrected chi connectivity index (χ0v) is 15.8. The molecule has 2 heteroatoms. The molecule has 0 amide bonds. The Morgan fingerprint density at radius 2 is 1.29 bits per heavy atom. The van der Waals surface area contributed by atoms with Crippen molar-refractivity contribution < 1.29 is 9.53 Å². The van der Waals surface area contributed by atoms with Crippen LogP contribution in [0.4, 0.5) is 0 Å². The van der Waals surface area contributed by atoms with E-state index in [9.17, 15) is 4.79 Å². The summed E-state index contributed by atoms with van der Waals surface area (Å²) >= 11 is 0. The molecule has 0 bridgehead atoms. The number of carbonyl (C=O) groups is 1. The lowest BCUT2D eigenvalue weighted by Gasteiger charge is -2.27. The van der Waals surface area contributed by atoms with E-state index in [2.05, 4.69) is 55.5 Å². The maximum atomic E-state index is 11.5. The second-order valence-electron chi connectivity index (χ2n) is 5.50. The number of benzene rings is 2. The van der Waals surface area contributed by atoms with Gasteiger partial charge >= 0.3 is 5.97 Å². The van der Waals surface area contributed by atoms with E-state index in [1.165, 1.54) is 29.4 Å². The zero-order chi connectivity index (χ0) is 18.2. The quantitative estimate of drug-likeness (QED) is 0.649. The largest absolute Gasteiger partial charge is 0.469 e. The number of methoxy groups -OCH3 is 1. The lowest BCUT2D eigenvalue weighted by Crippen LogP contribution is -2.22. The van der Waals surface area contributed by atoms with Crippen molar-refractivity contribution in [2.75, 3.05) is 7.11 Å². The van der Waals surface area contributed by atoms with E-state index in [1.54, 1.807) is 0 Å². The highest BCUT2D eigenvalue weighted by Gasteiger charge is 2.38. The third kappa shape index (κ3) is 3.69. The van der Waals surface area contributed by atoms with Crippen LogP contribution in [0.25, 0.3) is 11.1 Å². The Morgan fingerprint density at radius 3 is 1.71 bits per heavy atom. The number of hydrogen-bond acceptors (Lipinski definition) is 2. The summed E-state index contributed by atoms with van der Waals surface area (Å²) in [6.45, 7) is 10.2.